The molecule has 6 heteroatoms. The Morgan fingerprint density at radius 3 is 2.48 bits per heavy atom. The molecule has 29 heavy (non-hydrogen) atoms. The first-order valence-corrected chi connectivity index (χ1v) is 11.7. The third-order valence-corrected chi connectivity index (χ3v) is 8.22. The molecule has 1 heterocycles. The number of sulfonamides is 1. The van der Waals surface area contributed by atoms with Crippen molar-refractivity contribution in [1.82, 2.24) is 9.62 Å². The third kappa shape index (κ3) is 3.71. The quantitative estimate of drug-likeness (QED) is 0.831. The van der Waals surface area contributed by atoms with Crippen LogP contribution in [0, 0.1) is 0 Å². The first kappa shape index (κ1) is 20.1. The van der Waals surface area contributed by atoms with E-state index in [1.807, 2.05) is 12.1 Å². The Bertz CT molecular complexity index is 1000. The zero-order valence-corrected chi connectivity index (χ0v) is 17.8. The maximum Gasteiger partial charge on any atom is 0.243 e. The van der Waals surface area contributed by atoms with Gasteiger partial charge in [0.25, 0.3) is 0 Å². The largest absolute Gasteiger partial charge is 0.348 e. The van der Waals surface area contributed by atoms with Crippen LogP contribution in [0.3, 0.4) is 0 Å². The summed E-state index contributed by atoms with van der Waals surface area (Å²) in [5, 5.41) is 3.16. The summed E-state index contributed by atoms with van der Waals surface area (Å²) in [5.74, 6) is -0.193. The summed E-state index contributed by atoms with van der Waals surface area (Å²) in [6.07, 6.45) is 3.08. The van der Waals surface area contributed by atoms with E-state index in [1.165, 1.54) is 9.87 Å². The van der Waals surface area contributed by atoms with Crippen molar-refractivity contribution in [2.45, 2.75) is 61.9 Å². The van der Waals surface area contributed by atoms with Crippen LogP contribution in [0.1, 0.15) is 56.7 Å². The van der Waals surface area contributed by atoms with Crippen LogP contribution in [0.5, 0.6) is 0 Å². The second kappa shape index (κ2) is 7.58. The standard InChI is InChI=1S/C23H28N2O3S/c1-23(2)15-14-20(18-11-6-7-12-19(18)23)24-22(26)21-13-8-16-25(21)29(27,28)17-9-4-3-5-10-17/h3-7,9-12,20-21H,8,13-16H2,1-2H3,(H,24,26). The number of carbonyl (C=O) groups excluding carboxylic acids is 1. The molecule has 154 valence electrons. The van der Waals surface area contributed by atoms with Crippen molar-refractivity contribution in [1.29, 1.82) is 0 Å². The summed E-state index contributed by atoms with van der Waals surface area (Å²) >= 11 is 0. The minimum absolute atomic E-state index is 0.0754. The smallest absolute Gasteiger partial charge is 0.243 e. The van der Waals surface area contributed by atoms with Crippen LogP contribution in [0.2, 0.25) is 0 Å². The van der Waals surface area contributed by atoms with Gasteiger partial charge in [0.2, 0.25) is 15.9 Å². The van der Waals surface area contributed by atoms with Crippen molar-refractivity contribution in [3.05, 3.63) is 65.7 Å². The first-order chi connectivity index (χ1) is 13.8. The molecule has 2 atom stereocenters. The van der Waals surface area contributed by atoms with E-state index < -0.39 is 16.1 Å². The molecule has 1 fully saturated rings. The van der Waals surface area contributed by atoms with Gasteiger partial charge in [-0.3, -0.25) is 4.79 Å². The van der Waals surface area contributed by atoms with Crippen LogP contribution in [0.25, 0.3) is 0 Å². The van der Waals surface area contributed by atoms with Gasteiger partial charge in [-0.05, 0) is 54.4 Å². The van der Waals surface area contributed by atoms with Crippen molar-refractivity contribution < 1.29 is 13.2 Å². The van der Waals surface area contributed by atoms with E-state index in [0.29, 0.717) is 19.4 Å². The minimum atomic E-state index is -3.68. The van der Waals surface area contributed by atoms with Gasteiger partial charge in [0.1, 0.15) is 6.04 Å². The molecule has 2 aromatic carbocycles. The highest BCUT2D eigenvalue weighted by Crippen LogP contribution is 2.41. The molecule has 0 saturated carbocycles. The summed E-state index contributed by atoms with van der Waals surface area (Å²) < 4.78 is 27.5. The monoisotopic (exact) mass is 412 g/mol. The highest BCUT2D eigenvalue weighted by molar-refractivity contribution is 7.89. The summed E-state index contributed by atoms with van der Waals surface area (Å²) in [5.41, 5.74) is 2.48. The van der Waals surface area contributed by atoms with Crippen molar-refractivity contribution in [2.24, 2.45) is 0 Å². The van der Waals surface area contributed by atoms with Crippen LogP contribution in [0.4, 0.5) is 0 Å². The second-order valence-corrected chi connectivity index (χ2v) is 10.5. The topological polar surface area (TPSA) is 66.5 Å². The van der Waals surface area contributed by atoms with Gasteiger partial charge >= 0.3 is 0 Å². The second-order valence-electron chi connectivity index (χ2n) is 8.66. The van der Waals surface area contributed by atoms with Crippen LogP contribution >= 0.6 is 0 Å². The molecule has 1 saturated heterocycles. The van der Waals surface area contributed by atoms with E-state index in [9.17, 15) is 13.2 Å². The van der Waals surface area contributed by atoms with Gasteiger partial charge in [-0.1, -0.05) is 56.3 Å². The fraction of sp³-hybridized carbons (Fsp3) is 0.435. The molecule has 1 aliphatic carbocycles. The summed E-state index contributed by atoms with van der Waals surface area (Å²) in [4.78, 5) is 13.4. The number of hydrogen-bond acceptors (Lipinski definition) is 3. The maximum absolute atomic E-state index is 13.2. The minimum Gasteiger partial charge on any atom is -0.348 e. The van der Waals surface area contributed by atoms with Crippen LogP contribution in [0.15, 0.2) is 59.5 Å². The highest BCUT2D eigenvalue weighted by atomic mass is 32.2. The number of amides is 1. The molecule has 1 amide bonds. The van der Waals surface area contributed by atoms with E-state index in [1.54, 1.807) is 30.3 Å². The first-order valence-electron chi connectivity index (χ1n) is 10.3. The van der Waals surface area contributed by atoms with Crippen LogP contribution < -0.4 is 5.32 Å². The molecule has 2 unspecified atom stereocenters. The lowest BCUT2D eigenvalue weighted by molar-refractivity contribution is -0.125. The molecule has 0 aromatic heterocycles. The zero-order valence-electron chi connectivity index (χ0n) is 17.0. The number of rotatable bonds is 4. The Morgan fingerprint density at radius 1 is 1.03 bits per heavy atom. The normalized spacial score (nSPS) is 24.1. The summed E-state index contributed by atoms with van der Waals surface area (Å²) in [6, 6.07) is 15.9. The third-order valence-electron chi connectivity index (χ3n) is 6.30. The lowest BCUT2D eigenvalue weighted by Gasteiger charge is -2.38. The fourth-order valence-corrected chi connectivity index (χ4v) is 6.33. The number of benzene rings is 2. The molecular formula is C23H28N2O3S. The van der Waals surface area contributed by atoms with Crippen molar-refractivity contribution in [3.8, 4) is 0 Å². The Hall–Kier alpha value is -2.18. The van der Waals surface area contributed by atoms with E-state index in [4.69, 9.17) is 0 Å². The average Bonchev–Trinajstić information content (AvgIpc) is 3.22. The molecular weight excluding hydrogens is 384 g/mol. The SMILES string of the molecule is CC1(C)CCC(NC(=O)C2CCCN2S(=O)(=O)c2ccccc2)c2ccccc21. The Balaban J connectivity index is 1.56. The zero-order chi connectivity index (χ0) is 20.6. The van der Waals surface area contributed by atoms with Gasteiger partial charge in [-0.25, -0.2) is 8.42 Å². The number of nitrogens with zero attached hydrogens (tertiary/aromatic N) is 1. The van der Waals surface area contributed by atoms with Gasteiger partial charge in [-0.15, -0.1) is 0 Å². The number of nitrogens with one attached hydrogen (secondary N) is 1. The van der Waals surface area contributed by atoms with Crippen LogP contribution in [-0.2, 0) is 20.2 Å². The van der Waals surface area contributed by atoms with Crippen molar-refractivity contribution >= 4 is 15.9 Å². The van der Waals surface area contributed by atoms with Crippen molar-refractivity contribution in [2.75, 3.05) is 6.54 Å². The van der Waals surface area contributed by atoms with E-state index >= 15 is 0 Å². The van der Waals surface area contributed by atoms with E-state index in [2.05, 4.69) is 31.3 Å². The predicted octanol–water partition coefficient (Wildman–Crippen LogP) is 3.77. The molecule has 5 nitrogen and oxygen atoms in total. The molecule has 2 aromatic rings. The van der Waals surface area contributed by atoms with Gasteiger partial charge in [0.15, 0.2) is 0 Å². The van der Waals surface area contributed by atoms with E-state index in [-0.39, 0.29) is 22.3 Å². The summed E-state index contributed by atoms with van der Waals surface area (Å²) in [7, 11) is -3.68. The lowest BCUT2D eigenvalue weighted by Crippen LogP contribution is -2.47. The predicted molar refractivity (Wildman–Crippen MR) is 113 cm³/mol. The number of carbonyl (C=O) groups is 1. The van der Waals surface area contributed by atoms with Gasteiger partial charge in [-0.2, -0.15) is 4.31 Å². The Kier molecular flexibility index (Phi) is 5.25. The molecule has 2 aliphatic rings. The number of fused-ring (bicyclic) bond motifs is 1. The van der Waals surface area contributed by atoms with Crippen molar-refractivity contribution in [3.63, 3.8) is 0 Å². The molecule has 4 rings (SSSR count). The fourth-order valence-electron chi connectivity index (χ4n) is 4.65. The van der Waals surface area contributed by atoms with E-state index in [0.717, 1.165) is 18.4 Å². The Labute approximate surface area is 173 Å². The molecule has 1 aliphatic heterocycles. The van der Waals surface area contributed by atoms with Gasteiger partial charge in [0.05, 0.1) is 10.9 Å². The average molecular weight is 413 g/mol. The van der Waals surface area contributed by atoms with Gasteiger partial charge < -0.3 is 5.32 Å². The number of hydrogen-bond donors (Lipinski definition) is 1. The molecule has 1 N–H and O–H groups in total. The Morgan fingerprint density at radius 2 is 1.72 bits per heavy atom. The molecule has 0 radical (unpaired) electrons. The maximum atomic E-state index is 13.2. The molecule has 0 spiro atoms. The summed E-state index contributed by atoms with van der Waals surface area (Å²) in [6.45, 7) is 4.84. The van der Waals surface area contributed by atoms with Crippen LogP contribution in [-0.4, -0.2) is 31.2 Å². The van der Waals surface area contributed by atoms with Gasteiger partial charge in [0, 0.05) is 6.54 Å². The lowest BCUT2D eigenvalue weighted by atomic mass is 9.71. The molecule has 0 bridgehead atoms. The highest BCUT2D eigenvalue weighted by Gasteiger charge is 2.41.